The zero-order valence-corrected chi connectivity index (χ0v) is 18.0. The number of methoxy groups -OCH3 is 2. The Hall–Kier alpha value is -3.11. The maximum absolute atomic E-state index is 13.0. The number of carboxylic acid groups (broad SMARTS) is 1. The van der Waals surface area contributed by atoms with Gasteiger partial charge in [-0.05, 0) is 61.4 Å². The summed E-state index contributed by atoms with van der Waals surface area (Å²) >= 11 is 0. The number of amides is 1. The molecule has 1 aliphatic rings. The van der Waals surface area contributed by atoms with Crippen LogP contribution in [0.3, 0.4) is 0 Å². The summed E-state index contributed by atoms with van der Waals surface area (Å²) in [4.78, 5) is 24.4. The van der Waals surface area contributed by atoms with Gasteiger partial charge in [0.2, 0.25) is 10.0 Å². The van der Waals surface area contributed by atoms with Gasteiger partial charge in [0, 0.05) is 18.2 Å². The van der Waals surface area contributed by atoms with Crippen LogP contribution in [0.2, 0.25) is 0 Å². The first-order chi connectivity index (χ1) is 14.8. The number of nitrogens with zero attached hydrogens (tertiary/aromatic N) is 1. The van der Waals surface area contributed by atoms with Crippen LogP contribution in [0.5, 0.6) is 11.5 Å². The van der Waals surface area contributed by atoms with Crippen molar-refractivity contribution in [3.63, 3.8) is 0 Å². The van der Waals surface area contributed by atoms with E-state index in [1.807, 2.05) is 0 Å². The first kappa shape index (κ1) is 22.6. The standard InChI is InChI=1S/C21H24N2O7S/c1-29-16-5-3-14(4-6-16)20(24)22-15-11-12-23(19(13-15)21(25)26)31(27,28)18-9-7-17(30-2)8-10-18/h3-10,15,19H,11-13H2,1-2H3,(H,22,24)(H,25,26)/t15-,19-/m1/s1. The quantitative estimate of drug-likeness (QED) is 0.661. The molecule has 1 aliphatic heterocycles. The number of benzene rings is 2. The van der Waals surface area contributed by atoms with Crippen LogP contribution < -0.4 is 14.8 Å². The molecule has 9 nitrogen and oxygen atoms in total. The Morgan fingerprint density at radius 3 is 2.06 bits per heavy atom. The molecule has 0 unspecified atom stereocenters. The molecule has 1 amide bonds. The Morgan fingerprint density at radius 2 is 1.55 bits per heavy atom. The number of piperidine rings is 1. The van der Waals surface area contributed by atoms with Gasteiger partial charge in [0.25, 0.3) is 5.91 Å². The molecule has 3 rings (SSSR count). The molecular weight excluding hydrogens is 424 g/mol. The van der Waals surface area contributed by atoms with E-state index < -0.39 is 28.1 Å². The Labute approximate surface area is 180 Å². The van der Waals surface area contributed by atoms with Gasteiger partial charge in [0.1, 0.15) is 17.5 Å². The first-order valence-corrected chi connectivity index (χ1v) is 11.0. The predicted octanol–water partition coefficient (Wildman–Crippen LogP) is 1.74. The molecule has 166 valence electrons. The lowest BCUT2D eigenvalue weighted by atomic mass is 9.99. The van der Waals surface area contributed by atoms with Gasteiger partial charge in [-0.3, -0.25) is 9.59 Å². The van der Waals surface area contributed by atoms with E-state index in [1.54, 1.807) is 24.3 Å². The predicted molar refractivity (Wildman–Crippen MR) is 112 cm³/mol. The Balaban J connectivity index is 1.73. The summed E-state index contributed by atoms with van der Waals surface area (Å²) in [7, 11) is -1.03. The molecule has 0 bridgehead atoms. The molecule has 0 aliphatic carbocycles. The second-order valence-electron chi connectivity index (χ2n) is 7.07. The average Bonchev–Trinajstić information content (AvgIpc) is 2.79. The molecule has 0 spiro atoms. The molecule has 1 saturated heterocycles. The molecule has 10 heteroatoms. The van der Waals surface area contributed by atoms with Crippen LogP contribution in [0.15, 0.2) is 53.4 Å². The summed E-state index contributed by atoms with van der Waals surface area (Å²) in [6.45, 7) is -0.0289. The molecule has 0 saturated carbocycles. The van der Waals surface area contributed by atoms with Crippen molar-refractivity contribution in [2.75, 3.05) is 20.8 Å². The molecule has 1 fully saturated rings. The number of carbonyl (C=O) groups is 2. The summed E-state index contributed by atoms with van der Waals surface area (Å²) in [5, 5.41) is 12.5. The van der Waals surface area contributed by atoms with Crippen LogP contribution >= 0.6 is 0 Å². The van der Waals surface area contributed by atoms with Crippen LogP contribution in [0.25, 0.3) is 0 Å². The van der Waals surface area contributed by atoms with Crippen molar-refractivity contribution >= 4 is 21.9 Å². The second-order valence-corrected chi connectivity index (χ2v) is 8.96. The molecule has 2 atom stereocenters. The number of ether oxygens (including phenoxy) is 2. The van der Waals surface area contributed by atoms with E-state index in [9.17, 15) is 23.1 Å². The van der Waals surface area contributed by atoms with Gasteiger partial charge in [-0.25, -0.2) is 8.42 Å². The van der Waals surface area contributed by atoms with Crippen LogP contribution in [0.1, 0.15) is 23.2 Å². The Bertz CT molecular complexity index is 1040. The first-order valence-electron chi connectivity index (χ1n) is 9.60. The summed E-state index contributed by atoms with van der Waals surface area (Å²) in [6.07, 6.45) is 0.258. The topological polar surface area (TPSA) is 122 Å². The third-order valence-electron chi connectivity index (χ3n) is 5.19. The van der Waals surface area contributed by atoms with Crippen molar-refractivity contribution in [3.05, 3.63) is 54.1 Å². The van der Waals surface area contributed by atoms with E-state index >= 15 is 0 Å². The minimum Gasteiger partial charge on any atom is -0.497 e. The lowest BCUT2D eigenvalue weighted by Gasteiger charge is -2.36. The largest absolute Gasteiger partial charge is 0.497 e. The van der Waals surface area contributed by atoms with Gasteiger partial charge in [-0.2, -0.15) is 4.31 Å². The van der Waals surface area contributed by atoms with Crippen molar-refractivity contribution < 1.29 is 32.6 Å². The number of hydrogen-bond acceptors (Lipinski definition) is 6. The van der Waals surface area contributed by atoms with Gasteiger partial charge in [-0.15, -0.1) is 0 Å². The molecular formula is C21H24N2O7S. The van der Waals surface area contributed by atoms with E-state index in [0.29, 0.717) is 23.5 Å². The second kappa shape index (κ2) is 9.36. The van der Waals surface area contributed by atoms with Crippen molar-refractivity contribution in [3.8, 4) is 11.5 Å². The maximum Gasteiger partial charge on any atom is 0.322 e. The van der Waals surface area contributed by atoms with Crippen LogP contribution in [-0.4, -0.2) is 62.6 Å². The monoisotopic (exact) mass is 448 g/mol. The summed E-state index contributed by atoms with van der Waals surface area (Å²) in [5.41, 5.74) is 0.404. The average molecular weight is 448 g/mol. The van der Waals surface area contributed by atoms with Gasteiger partial charge < -0.3 is 19.9 Å². The fourth-order valence-electron chi connectivity index (χ4n) is 3.48. The third kappa shape index (κ3) is 4.97. The maximum atomic E-state index is 13.0. The minimum absolute atomic E-state index is 0.0136. The van der Waals surface area contributed by atoms with Gasteiger partial charge >= 0.3 is 5.97 Å². The van der Waals surface area contributed by atoms with Crippen molar-refractivity contribution in [1.82, 2.24) is 9.62 Å². The Kier molecular flexibility index (Phi) is 6.81. The van der Waals surface area contributed by atoms with E-state index in [-0.39, 0.29) is 23.8 Å². The molecule has 1 heterocycles. The number of nitrogens with one attached hydrogen (secondary N) is 1. The van der Waals surface area contributed by atoms with Crippen molar-refractivity contribution in [1.29, 1.82) is 0 Å². The Morgan fingerprint density at radius 1 is 1.00 bits per heavy atom. The molecule has 2 aromatic carbocycles. The zero-order valence-electron chi connectivity index (χ0n) is 17.1. The van der Waals surface area contributed by atoms with Crippen LogP contribution in [0.4, 0.5) is 0 Å². The van der Waals surface area contributed by atoms with E-state index in [2.05, 4.69) is 5.32 Å². The van der Waals surface area contributed by atoms with Crippen molar-refractivity contribution in [2.45, 2.75) is 29.8 Å². The number of carbonyl (C=O) groups excluding carboxylic acids is 1. The summed E-state index contributed by atoms with van der Waals surface area (Å²) in [6, 6.07) is 10.5. The highest BCUT2D eigenvalue weighted by Gasteiger charge is 2.41. The van der Waals surface area contributed by atoms with Crippen molar-refractivity contribution in [2.24, 2.45) is 0 Å². The van der Waals surface area contributed by atoms with Crippen LogP contribution in [-0.2, 0) is 14.8 Å². The number of carboxylic acids is 1. The molecule has 31 heavy (non-hydrogen) atoms. The zero-order chi connectivity index (χ0) is 22.6. The fourth-order valence-corrected chi connectivity index (χ4v) is 5.09. The van der Waals surface area contributed by atoms with Gasteiger partial charge in [0.05, 0.1) is 19.1 Å². The van der Waals surface area contributed by atoms with Crippen LogP contribution in [0, 0.1) is 0 Å². The fraction of sp³-hybridized carbons (Fsp3) is 0.333. The number of sulfonamides is 1. The third-order valence-corrected chi connectivity index (χ3v) is 7.11. The van der Waals surface area contributed by atoms with Gasteiger partial charge in [-0.1, -0.05) is 0 Å². The lowest BCUT2D eigenvalue weighted by Crippen LogP contribution is -2.54. The molecule has 0 aromatic heterocycles. The highest BCUT2D eigenvalue weighted by atomic mass is 32.2. The molecule has 2 aromatic rings. The number of rotatable bonds is 7. The minimum atomic E-state index is -4.02. The molecule has 0 radical (unpaired) electrons. The highest BCUT2D eigenvalue weighted by Crippen LogP contribution is 2.27. The highest BCUT2D eigenvalue weighted by molar-refractivity contribution is 7.89. The van der Waals surface area contributed by atoms with E-state index in [4.69, 9.17) is 9.47 Å². The van der Waals surface area contributed by atoms with E-state index in [0.717, 1.165) is 4.31 Å². The normalized spacial score (nSPS) is 19.4. The SMILES string of the molecule is COc1ccc(C(=O)N[C@@H]2CCN(S(=O)(=O)c3ccc(OC)cc3)[C@@H](C(=O)O)C2)cc1. The summed E-state index contributed by atoms with van der Waals surface area (Å²) < 4.78 is 37.2. The number of hydrogen-bond donors (Lipinski definition) is 2. The van der Waals surface area contributed by atoms with Gasteiger partial charge in [0.15, 0.2) is 0 Å². The lowest BCUT2D eigenvalue weighted by molar-refractivity contribution is -0.142. The number of aliphatic carboxylic acids is 1. The summed E-state index contributed by atoms with van der Waals surface area (Å²) in [5.74, 6) is -0.517. The smallest absolute Gasteiger partial charge is 0.322 e. The van der Waals surface area contributed by atoms with E-state index in [1.165, 1.54) is 38.5 Å². The molecule has 2 N–H and O–H groups in total.